The Balaban J connectivity index is 1.92. The standard InChI is InChI=1S/C19H15ClN2/c1-19(2)15-6-4-3-5-13(15)14-8-7-12(11-16(14)19)17-9-10-21-18(20)22-17/h3-11H,1-2H3. The van der Waals surface area contributed by atoms with Crippen LogP contribution in [0.15, 0.2) is 54.7 Å². The lowest BCUT2D eigenvalue weighted by Gasteiger charge is -2.21. The molecule has 0 unspecified atom stereocenters. The molecule has 1 heterocycles. The molecule has 0 saturated carbocycles. The Morgan fingerprint density at radius 1 is 0.909 bits per heavy atom. The first-order chi connectivity index (χ1) is 10.6. The van der Waals surface area contributed by atoms with Gasteiger partial charge in [0.05, 0.1) is 5.69 Å². The number of fused-ring (bicyclic) bond motifs is 3. The minimum Gasteiger partial charge on any atom is -0.226 e. The zero-order valence-electron chi connectivity index (χ0n) is 12.5. The van der Waals surface area contributed by atoms with Gasteiger partial charge in [0.2, 0.25) is 5.28 Å². The first-order valence-corrected chi connectivity index (χ1v) is 7.68. The van der Waals surface area contributed by atoms with E-state index in [1.807, 2.05) is 6.07 Å². The fraction of sp³-hybridized carbons (Fsp3) is 0.158. The maximum absolute atomic E-state index is 5.92. The average molecular weight is 307 g/mol. The quantitative estimate of drug-likeness (QED) is 0.584. The van der Waals surface area contributed by atoms with E-state index in [0.717, 1.165) is 11.3 Å². The number of hydrogen-bond acceptors (Lipinski definition) is 2. The van der Waals surface area contributed by atoms with Gasteiger partial charge in [0, 0.05) is 17.2 Å². The normalized spacial score (nSPS) is 14.5. The highest BCUT2D eigenvalue weighted by Gasteiger charge is 2.35. The van der Waals surface area contributed by atoms with Crippen LogP contribution in [-0.4, -0.2) is 9.97 Å². The summed E-state index contributed by atoms with van der Waals surface area (Å²) in [4.78, 5) is 8.27. The second-order valence-corrected chi connectivity index (χ2v) is 6.48. The molecule has 1 aliphatic rings. The van der Waals surface area contributed by atoms with Crippen LogP contribution in [-0.2, 0) is 5.41 Å². The summed E-state index contributed by atoms with van der Waals surface area (Å²) < 4.78 is 0. The van der Waals surface area contributed by atoms with Gasteiger partial charge in [0.25, 0.3) is 0 Å². The summed E-state index contributed by atoms with van der Waals surface area (Å²) >= 11 is 5.92. The van der Waals surface area contributed by atoms with Crippen molar-refractivity contribution in [3.63, 3.8) is 0 Å². The third kappa shape index (κ3) is 1.87. The van der Waals surface area contributed by atoms with Crippen LogP contribution >= 0.6 is 11.6 Å². The number of halogens is 1. The van der Waals surface area contributed by atoms with Gasteiger partial charge in [-0.2, -0.15) is 0 Å². The zero-order valence-corrected chi connectivity index (χ0v) is 13.2. The Morgan fingerprint density at radius 3 is 2.50 bits per heavy atom. The molecule has 0 saturated heterocycles. The van der Waals surface area contributed by atoms with Crippen LogP contribution in [0.4, 0.5) is 0 Å². The van der Waals surface area contributed by atoms with Gasteiger partial charge in [-0.15, -0.1) is 0 Å². The smallest absolute Gasteiger partial charge is 0.222 e. The maximum atomic E-state index is 5.92. The van der Waals surface area contributed by atoms with E-state index in [0.29, 0.717) is 0 Å². The molecule has 1 aliphatic carbocycles. The van der Waals surface area contributed by atoms with Gasteiger partial charge in [0.15, 0.2) is 0 Å². The van der Waals surface area contributed by atoms with Gasteiger partial charge in [-0.1, -0.05) is 50.2 Å². The van der Waals surface area contributed by atoms with Gasteiger partial charge < -0.3 is 0 Å². The molecule has 3 heteroatoms. The lowest BCUT2D eigenvalue weighted by molar-refractivity contribution is 0.660. The highest BCUT2D eigenvalue weighted by atomic mass is 35.5. The Hall–Kier alpha value is -2.19. The summed E-state index contributed by atoms with van der Waals surface area (Å²) in [5, 5.41) is 0.278. The van der Waals surface area contributed by atoms with E-state index in [4.69, 9.17) is 11.6 Å². The lowest BCUT2D eigenvalue weighted by atomic mass is 9.82. The topological polar surface area (TPSA) is 25.8 Å². The van der Waals surface area contributed by atoms with Gasteiger partial charge in [-0.05, 0) is 46.0 Å². The van der Waals surface area contributed by atoms with Crippen molar-refractivity contribution in [2.45, 2.75) is 19.3 Å². The number of benzene rings is 2. The molecule has 4 rings (SSSR count). The van der Waals surface area contributed by atoms with Crippen molar-refractivity contribution in [1.82, 2.24) is 9.97 Å². The zero-order chi connectivity index (χ0) is 15.3. The van der Waals surface area contributed by atoms with E-state index in [9.17, 15) is 0 Å². The molecule has 2 nitrogen and oxygen atoms in total. The number of nitrogens with zero attached hydrogens (tertiary/aromatic N) is 2. The lowest BCUT2D eigenvalue weighted by Crippen LogP contribution is -2.14. The van der Waals surface area contributed by atoms with Crippen molar-refractivity contribution in [2.24, 2.45) is 0 Å². The van der Waals surface area contributed by atoms with E-state index in [1.54, 1.807) is 6.20 Å². The first kappa shape index (κ1) is 13.5. The Morgan fingerprint density at radius 2 is 1.68 bits per heavy atom. The number of rotatable bonds is 1. The average Bonchev–Trinajstić information content (AvgIpc) is 2.76. The molecule has 0 radical (unpaired) electrons. The van der Waals surface area contributed by atoms with Crippen molar-refractivity contribution in [3.8, 4) is 22.4 Å². The molecular formula is C19H15ClN2. The third-order valence-corrected chi connectivity index (χ3v) is 4.69. The largest absolute Gasteiger partial charge is 0.226 e. The predicted molar refractivity (Wildman–Crippen MR) is 90.0 cm³/mol. The van der Waals surface area contributed by atoms with Crippen LogP contribution in [0.2, 0.25) is 5.28 Å². The van der Waals surface area contributed by atoms with Gasteiger partial charge >= 0.3 is 0 Å². The van der Waals surface area contributed by atoms with Crippen molar-refractivity contribution < 1.29 is 0 Å². The maximum Gasteiger partial charge on any atom is 0.222 e. The monoisotopic (exact) mass is 306 g/mol. The molecule has 0 atom stereocenters. The molecule has 3 aromatic rings. The predicted octanol–water partition coefficient (Wildman–Crippen LogP) is 5.10. The van der Waals surface area contributed by atoms with Crippen molar-refractivity contribution >= 4 is 11.6 Å². The molecule has 0 aliphatic heterocycles. The van der Waals surface area contributed by atoms with Crippen LogP contribution in [0.3, 0.4) is 0 Å². The van der Waals surface area contributed by atoms with Gasteiger partial charge in [-0.25, -0.2) is 9.97 Å². The molecule has 0 N–H and O–H groups in total. The van der Waals surface area contributed by atoms with Crippen LogP contribution < -0.4 is 0 Å². The fourth-order valence-corrected chi connectivity index (χ4v) is 3.51. The van der Waals surface area contributed by atoms with Crippen molar-refractivity contribution in [2.75, 3.05) is 0 Å². The summed E-state index contributed by atoms with van der Waals surface area (Å²) in [5.74, 6) is 0. The minimum absolute atomic E-state index is 0.00123. The molecule has 0 amide bonds. The third-order valence-electron chi connectivity index (χ3n) is 4.51. The second-order valence-electron chi connectivity index (χ2n) is 6.14. The van der Waals surface area contributed by atoms with Crippen LogP contribution in [0, 0.1) is 0 Å². The van der Waals surface area contributed by atoms with Crippen molar-refractivity contribution in [1.29, 1.82) is 0 Å². The van der Waals surface area contributed by atoms with E-state index >= 15 is 0 Å². The number of aromatic nitrogens is 2. The fourth-order valence-electron chi connectivity index (χ4n) is 3.36. The summed E-state index contributed by atoms with van der Waals surface area (Å²) in [7, 11) is 0. The molecule has 1 aromatic heterocycles. The van der Waals surface area contributed by atoms with E-state index < -0.39 is 0 Å². The number of hydrogen-bond donors (Lipinski definition) is 0. The first-order valence-electron chi connectivity index (χ1n) is 7.31. The molecule has 22 heavy (non-hydrogen) atoms. The second kappa shape index (κ2) is 4.65. The van der Waals surface area contributed by atoms with Gasteiger partial charge in [0.1, 0.15) is 0 Å². The van der Waals surface area contributed by atoms with Crippen LogP contribution in [0.25, 0.3) is 22.4 Å². The summed E-state index contributed by atoms with van der Waals surface area (Å²) in [6.07, 6.45) is 1.69. The SMILES string of the molecule is CC1(C)c2ccccc2-c2ccc(-c3ccnc(Cl)n3)cc21. The van der Waals surface area contributed by atoms with Crippen LogP contribution in [0.1, 0.15) is 25.0 Å². The highest BCUT2D eigenvalue weighted by Crippen LogP contribution is 2.49. The van der Waals surface area contributed by atoms with Crippen molar-refractivity contribution in [3.05, 3.63) is 71.1 Å². The molecule has 0 fully saturated rings. The highest BCUT2D eigenvalue weighted by molar-refractivity contribution is 6.28. The minimum atomic E-state index is -0.00123. The molecule has 2 aromatic carbocycles. The molecule has 0 bridgehead atoms. The molecular weight excluding hydrogens is 292 g/mol. The van der Waals surface area contributed by atoms with E-state index in [-0.39, 0.29) is 10.7 Å². The summed E-state index contributed by atoms with van der Waals surface area (Å²) in [6, 6.07) is 17.0. The van der Waals surface area contributed by atoms with E-state index in [1.165, 1.54) is 22.3 Å². The molecule has 108 valence electrons. The summed E-state index contributed by atoms with van der Waals surface area (Å²) in [5.41, 5.74) is 7.28. The Kier molecular flexibility index (Phi) is 2.85. The van der Waals surface area contributed by atoms with Gasteiger partial charge in [-0.3, -0.25) is 0 Å². The summed E-state index contributed by atoms with van der Waals surface area (Å²) in [6.45, 7) is 4.54. The molecule has 0 spiro atoms. The Labute approximate surface area is 134 Å². The van der Waals surface area contributed by atoms with E-state index in [2.05, 4.69) is 66.3 Å². The Bertz CT molecular complexity index is 884. The van der Waals surface area contributed by atoms with Crippen LogP contribution in [0.5, 0.6) is 0 Å².